The quantitative estimate of drug-likeness (QED) is 0.429. The molecule has 0 unspecified atom stereocenters. The van der Waals surface area contributed by atoms with Crippen molar-refractivity contribution >= 4 is 11.9 Å². The van der Waals surface area contributed by atoms with Gasteiger partial charge in [-0.1, -0.05) is 0 Å². The lowest BCUT2D eigenvalue weighted by Crippen LogP contribution is -2.49. The fourth-order valence-electron chi connectivity index (χ4n) is 3.50. The number of imidazole rings is 1. The van der Waals surface area contributed by atoms with Gasteiger partial charge in [-0.2, -0.15) is 0 Å². The highest BCUT2D eigenvalue weighted by molar-refractivity contribution is 5.82. The van der Waals surface area contributed by atoms with E-state index < -0.39 is 11.7 Å². The molecule has 180 valence electrons. The number of carbonyl (C=O) groups excluding carboxylic acids is 1. The Labute approximate surface area is 196 Å². The second-order valence-corrected chi connectivity index (χ2v) is 8.13. The van der Waals surface area contributed by atoms with Crippen molar-refractivity contribution in [2.24, 2.45) is 5.41 Å². The number of anilines is 1. The van der Waals surface area contributed by atoms with Gasteiger partial charge >= 0.3 is 0 Å². The first-order valence-corrected chi connectivity index (χ1v) is 10.8. The number of hydrogen-bond acceptors (Lipinski definition) is 8. The van der Waals surface area contributed by atoms with Crippen LogP contribution in [0.15, 0.2) is 36.5 Å². The number of rotatable bonds is 8. The van der Waals surface area contributed by atoms with Crippen molar-refractivity contribution in [3.05, 3.63) is 48.2 Å². The molecule has 11 heteroatoms. The van der Waals surface area contributed by atoms with Crippen molar-refractivity contribution in [3.8, 4) is 22.6 Å². The third-order valence-electron chi connectivity index (χ3n) is 5.44. The van der Waals surface area contributed by atoms with E-state index in [4.69, 9.17) is 19.2 Å². The average molecular weight is 471 g/mol. The number of amides is 1. The standard InChI is InChI=1S/C23H27FN6O4/c1-23(21(31)26-10-11-32-3)12-33-20(34-13-23)19-29-17(14-4-6-15(24)7-5-14)18(30-19)16-8-9-27-22(25-2)28-16/h4-9,20H,10-13H2,1-3H3,(H,26,31)(H,29,30)(H,25,27,28). The van der Waals surface area contributed by atoms with Crippen molar-refractivity contribution in [1.82, 2.24) is 25.3 Å². The fraction of sp³-hybridized carbons (Fsp3) is 0.391. The lowest BCUT2D eigenvalue weighted by Gasteiger charge is -2.35. The first-order valence-electron chi connectivity index (χ1n) is 10.8. The Balaban J connectivity index is 1.59. The summed E-state index contributed by atoms with van der Waals surface area (Å²) < 4.78 is 30.3. The van der Waals surface area contributed by atoms with Crippen LogP contribution in [0.3, 0.4) is 0 Å². The Morgan fingerprint density at radius 1 is 1.24 bits per heavy atom. The number of H-pyrrole nitrogens is 1. The third-order valence-corrected chi connectivity index (χ3v) is 5.44. The minimum Gasteiger partial charge on any atom is -0.383 e. The van der Waals surface area contributed by atoms with Gasteiger partial charge in [0, 0.05) is 32.5 Å². The van der Waals surface area contributed by atoms with Gasteiger partial charge in [0.15, 0.2) is 5.82 Å². The molecule has 0 aliphatic carbocycles. The van der Waals surface area contributed by atoms with E-state index in [9.17, 15) is 9.18 Å². The molecule has 0 saturated carbocycles. The topological polar surface area (TPSA) is 123 Å². The van der Waals surface area contributed by atoms with Gasteiger partial charge in [0.25, 0.3) is 0 Å². The SMILES string of the molecule is CNc1nccc(-c2[nH]c(C3OCC(C)(C(=O)NCCOC)CO3)nc2-c2ccc(F)cc2)n1. The van der Waals surface area contributed by atoms with Crippen molar-refractivity contribution in [2.45, 2.75) is 13.2 Å². The van der Waals surface area contributed by atoms with E-state index in [0.717, 1.165) is 0 Å². The van der Waals surface area contributed by atoms with E-state index in [2.05, 4.69) is 25.6 Å². The summed E-state index contributed by atoms with van der Waals surface area (Å²) in [4.78, 5) is 29.1. The zero-order valence-corrected chi connectivity index (χ0v) is 19.2. The molecule has 1 aromatic carbocycles. The number of hydrogen-bond donors (Lipinski definition) is 3. The van der Waals surface area contributed by atoms with Gasteiger partial charge in [0.2, 0.25) is 18.1 Å². The Morgan fingerprint density at radius 3 is 2.65 bits per heavy atom. The fourth-order valence-corrected chi connectivity index (χ4v) is 3.50. The van der Waals surface area contributed by atoms with Gasteiger partial charge in [-0.3, -0.25) is 4.79 Å². The smallest absolute Gasteiger partial charge is 0.230 e. The number of aromatic amines is 1. The number of methoxy groups -OCH3 is 1. The van der Waals surface area contributed by atoms with E-state index >= 15 is 0 Å². The minimum atomic E-state index is -0.839. The molecule has 0 atom stereocenters. The zero-order chi connectivity index (χ0) is 24.1. The summed E-state index contributed by atoms with van der Waals surface area (Å²) in [5, 5.41) is 5.73. The van der Waals surface area contributed by atoms with Gasteiger partial charge in [0.1, 0.15) is 5.82 Å². The highest BCUT2D eigenvalue weighted by Crippen LogP contribution is 2.35. The molecule has 1 saturated heterocycles. The molecule has 1 amide bonds. The Kier molecular flexibility index (Phi) is 7.15. The summed E-state index contributed by atoms with van der Waals surface area (Å²) in [6.45, 7) is 2.91. The van der Waals surface area contributed by atoms with Gasteiger partial charge in [-0.25, -0.2) is 19.3 Å². The van der Waals surface area contributed by atoms with E-state index in [1.54, 1.807) is 45.5 Å². The second-order valence-electron chi connectivity index (χ2n) is 8.13. The summed E-state index contributed by atoms with van der Waals surface area (Å²) in [6.07, 6.45) is 0.822. The number of halogens is 1. The van der Waals surface area contributed by atoms with Crippen LogP contribution in [0.25, 0.3) is 22.6 Å². The summed E-state index contributed by atoms with van der Waals surface area (Å²) in [6, 6.07) is 7.77. The third kappa shape index (κ3) is 5.06. The van der Waals surface area contributed by atoms with E-state index in [1.165, 1.54) is 12.1 Å². The molecule has 0 spiro atoms. The molecule has 1 fully saturated rings. The molecule has 3 N–H and O–H groups in total. The van der Waals surface area contributed by atoms with Crippen LogP contribution < -0.4 is 10.6 Å². The number of aromatic nitrogens is 4. The predicted octanol–water partition coefficient (Wildman–Crippen LogP) is 2.53. The number of nitrogens with zero attached hydrogens (tertiary/aromatic N) is 3. The number of carbonyl (C=O) groups is 1. The number of ether oxygens (including phenoxy) is 3. The molecule has 3 heterocycles. The van der Waals surface area contributed by atoms with Crippen molar-refractivity contribution < 1.29 is 23.4 Å². The normalized spacial score (nSPS) is 20.2. The highest BCUT2D eigenvalue weighted by Gasteiger charge is 2.40. The van der Waals surface area contributed by atoms with Crippen molar-refractivity contribution in [2.75, 3.05) is 45.8 Å². The van der Waals surface area contributed by atoms with E-state index in [0.29, 0.717) is 47.6 Å². The molecule has 34 heavy (non-hydrogen) atoms. The molecule has 3 aromatic rings. The first-order chi connectivity index (χ1) is 16.4. The number of benzene rings is 1. The van der Waals surface area contributed by atoms with Crippen LogP contribution in [0, 0.1) is 11.2 Å². The molecule has 1 aliphatic heterocycles. The van der Waals surface area contributed by atoms with Crippen LogP contribution in [-0.2, 0) is 19.0 Å². The maximum absolute atomic E-state index is 13.5. The van der Waals surface area contributed by atoms with E-state index in [-0.39, 0.29) is 24.9 Å². The monoisotopic (exact) mass is 470 g/mol. The predicted molar refractivity (Wildman–Crippen MR) is 122 cm³/mol. The van der Waals surface area contributed by atoms with E-state index in [1.807, 2.05) is 0 Å². The zero-order valence-electron chi connectivity index (χ0n) is 19.2. The van der Waals surface area contributed by atoms with Crippen molar-refractivity contribution in [1.29, 1.82) is 0 Å². The molecule has 0 radical (unpaired) electrons. The van der Waals surface area contributed by atoms with Crippen LogP contribution >= 0.6 is 0 Å². The van der Waals surface area contributed by atoms with Gasteiger partial charge in [-0.15, -0.1) is 0 Å². The lowest BCUT2D eigenvalue weighted by molar-refractivity contribution is -0.231. The summed E-state index contributed by atoms with van der Waals surface area (Å²) >= 11 is 0. The minimum absolute atomic E-state index is 0.149. The van der Waals surface area contributed by atoms with Gasteiger partial charge in [-0.05, 0) is 37.3 Å². The summed E-state index contributed by atoms with van der Waals surface area (Å²) in [5.74, 6) is 0.346. The Morgan fingerprint density at radius 2 is 1.97 bits per heavy atom. The maximum atomic E-state index is 13.5. The lowest BCUT2D eigenvalue weighted by atomic mass is 9.91. The average Bonchev–Trinajstić information content (AvgIpc) is 3.30. The number of nitrogens with one attached hydrogen (secondary N) is 3. The molecular weight excluding hydrogens is 443 g/mol. The van der Waals surface area contributed by atoms with Gasteiger partial charge in [0.05, 0.1) is 42.3 Å². The Hall–Kier alpha value is -3.41. The maximum Gasteiger partial charge on any atom is 0.230 e. The van der Waals surface area contributed by atoms with Crippen LogP contribution in [0.5, 0.6) is 0 Å². The second kappa shape index (κ2) is 10.2. The molecule has 10 nitrogen and oxygen atoms in total. The summed E-state index contributed by atoms with van der Waals surface area (Å²) in [7, 11) is 3.30. The van der Waals surface area contributed by atoms with Crippen LogP contribution in [-0.4, -0.2) is 66.4 Å². The van der Waals surface area contributed by atoms with Crippen molar-refractivity contribution in [3.63, 3.8) is 0 Å². The molecule has 0 bridgehead atoms. The van der Waals surface area contributed by atoms with Crippen LogP contribution in [0.2, 0.25) is 0 Å². The van der Waals surface area contributed by atoms with Crippen LogP contribution in [0.4, 0.5) is 10.3 Å². The summed E-state index contributed by atoms with van der Waals surface area (Å²) in [5.41, 5.74) is 1.62. The molecular formula is C23H27FN6O4. The van der Waals surface area contributed by atoms with Gasteiger partial charge < -0.3 is 29.8 Å². The Bertz CT molecular complexity index is 1130. The highest BCUT2D eigenvalue weighted by atomic mass is 19.1. The van der Waals surface area contributed by atoms with Crippen LogP contribution in [0.1, 0.15) is 19.0 Å². The first kappa shape index (κ1) is 23.7. The largest absolute Gasteiger partial charge is 0.383 e. The molecule has 2 aromatic heterocycles. The molecule has 4 rings (SSSR count). The molecule has 1 aliphatic rings.